The molecule has 0 unspecified atom stereocenters. The average Bonchev–Trinajstić information content (AvgIpc) is 2.41. The van der Waals surface area contributed by atoms with Crippen molar-refractivity contribution in [1.82, 2.24) is 5.32 Å². The van der Waals surface area contributed by atoms with Crippen molar-refractivity contribution in [3.8, 4) is 5.75 Å². The zero-order valence-electron chi connectivity index (χ0n) is 11.6. The van der Waals surface area contributed by atoms with Gasteiger partial charge in [0.2, 0.25) is 0 Å². The molecule has 0 heterocycles. The highest BCUT2D eigenvalue weighted by molar-refractivity contribution is 8.00. The van der Waals surface area contributed by atoms with Crippen LogP contribution >= 0.6 is 11.8 Å². The quantitative estimate of drug-likeness (QED) is 0.454. The van der Waals surface area contributed by atoms with Crippen molar-refractivity contribution in [3.63, 3.8) is 0 Å². The van der Waals surface area contributed by atoms with Gasteiger partial charge in [0.25, 0.3) is 5.69 Å². The van der Waals surface area contributed by atoms with Crippen molar-refractivity contribution in [2.24, 2.45) is 0 Å². The van der Waals surface area contributed by atoms with E-state index in [9.17, 15) is 10.1 Å². The van der Waals surface area contributed by atoms with E-state index in [2.05, 4.69) is 11.6 Å². The summed E-state index contributed by atoms with van der Waals surface area (Å²) in [6.45, 7) is 2.39. The number of ether oxygens (including phenoxy) is 1. The molecule has 1 aromatic carbocycles. The smallest absolute Gasteiger partial charge is 0.269 e. The minimum absolute atomic E-state index is 0.0855. The summed E-state index contributed by atoms with van der Waals surface area (Å²) in [5.74, 6) is 0.667. The molecule has 0 spiro atoms. The van der Waals surface area contributed by atoms with Crippen LogP contribution in [-0.2, 0) is 0 Å². The van der Waals surface area contributed by atoms with Crippen LogP contribution in [0.4, 0.5) is 5.69 Å². The Morgan fingerprint density at radius 3 is 2.60 bits per heavy atom. The summed E-state index contributed by atoms with van der Waals surface area (Å²) in [6.07, 6.45) is 6.10. The Labute approximate surface area is 123 Å². The Morgan fingerprint density at radius 2 is 2.10 bits per heavy atom. The van der Waals surface area contributed by atoms with Crippen LogP contribution in [0.3, 0.4) is 0 Å². The number of hydrogen-bond acceptors (Lipinski definition) is 5. The lowest BCUT2D eigenvalue weighted by Gasteiger charge is -2.40. The number of nitro groups is 1. The zero-order chi connectivity index (χ0) is 14.4. The lowest BCUT2D eigenvalue weighted by molar-refractivity contribution is -0.384. The second-order valence-corrected chi connectivity index (χ2v) is 6.29. The molecule has 1 N–H and O–H groups in total. The number of nitrogens with one attached hydrogen (secondary N) is 1. The van der Waals surface area contributed by atoms with Crippen LogP contribution in [-0.4, -0.2) is 35.6 Å². The van der Waals surface area contributed by atoms with Gasteiger partial charge in [0.05, 0.1) is 4.92 Å². The van der Waals surface area contributed by atoms with Crippen LogP contribution in [0, 0.1) is 10.1 Å². The third-order valence-electron chi connectivity index (χ3n) is 3.74. The van der Waals surface area contributed by atoms with Gasteiger partial charge in [0.15, 0.2) is 0 Å². The highest BCUT2D eigenvalue weighted by Crippen LogP contribution is 2.42. The highest BCUT2D eigenvalue weighted by Gasteiger charge is 2.35. The van der Waals surface area contributed by atoms with Gasteiger partial charge in [0, 0.05) is 30.0 Å². The molecule has 0 atom stereocenters. The van der Waals surface area contributed by atoms with E-state index in [1.165, 1.54) is 31.4 Å². The highest BCUT2D eigenvalue weighted by atomic mass is 32.2. The van der Waals surface area contributed by atoms with Gasteiger partial charge >= 0.3 is 0 Å². The van der Waals surface area contributed by atoms with Crippen molar-refractivity contribution in [1.29, 1.82) is 0 Å². The first-order chi connectivity index (χ1) is 9.65. The van der Waals surface area contributed by atoms with Gasteiger partial charge in [-0.1, -0.05) is 6.42 Å². The molecule has 6 heteroatoms. The lowest BCUT2D eigenvalue weighted by Crippen LogP contribution is -2.44. The number of thioether (sulfide) groups is 1. The third kappa shape index (κ3) is 3.86. The number of rotatable bonds is 8. The summed E-state index contributed by atoms with van der Waals surface area (Å²) in [5, 5.41) is 13.9. The van der Waals surface area contributed by atoms with E-state index in [1.54, 1.807) is 12.1 Å². The number of benzene rings is 1. The topological polar surface area (TPSA) is 64.4 Å². The molecule has 1 saturated carbocycles. The van der Waals surface area contributed by atoms with Crippen LogP contribution in [0.25, 0.3) is 0 Å². The van der Waals surface area contributed by atoms with Gasteiger partial charge < -0.3 is 10.1 Å². The monoisotopic (exact) mass is 296 g/mol. The van der Waals surface area contributed by atoms with Gasteiger partial charge in [-0.3, -0.25) is 10.1 Å². The molecule has 5 nitrogen and oxygen atoms in total. The number of nitro benzene ring substituents is 1. The first-order valence-corrected chi connectivity index (χ1v) is 8.01. The molecule has 0 aliphatic heterocycles. The Morgan fingerprint density at radius 1 is 1.40 bits per heavy atom. The Hall–Kier alpha value is -1.27. The van der Waals surface area contributed by atoms with Crippen molar-refractivity contribution in [2.75, 3.05) is 26.0 Å². The van der Waals surface area contributed by atoms with E-state index in [4.69, 9.17) is 4.74 Å². The van der Waals surface area contributed by atoms with E-state index in [0.29, 0.717) is 17.1 Å². The maximum absolute atomic E-state index is 10.5. The summed E-state index contributed by atoms with van der Waals surface area (Å²) in [6, 6.07) is 6.18. The molecule has 110 valence electrons. The van der Waals surface area contributed by atoms with E-state index in [0.717, 1.165) is 13.1 Å². The second-order valence-electron chi connectivity index (χ2n) is 5.02. The van der Waals surface area contributed by atoms with E-state index in [1.807, 2.05) is 11.8 Å². The predicted molar refractivity (Wildman–Crippen MR) is 81.6 cm³/mol. The van der Waals surface area contributed by atoms with Gasteiger partial charge in [-0.25, -0.2) is 0 Å². The summed E-state index contributed by atoms with van der Waals surface area (Å²) in [7, 11) is 0. The SMILES string of the molecule is CSC1(CNCCOc2ccc([N+](=O)[O-])cc2)CCC1. The molecule has 0 amide bonds. The van der Waals surface area contributed by atoms with Crippen LogP contribution < -0.4 is 10.1 Å². The molecule has 1 aromatic rings. The third-order valence-corrected chi connectivity index (χ3v) is 5.16. The van der Waals surface area contributed by atoms with Gasteiger partial charge in [0.1, 0.15) is 12.4 Å². The number of non-ortho nitro benzene ring substituents is 1. The Kier molecular flexibility index (Phi) is 5.25. The first-order valence-electron chi connectivity index (χ1n) is 6.78. The number of nitrogens with zero attached hydrogens (tertiary/aromatic N) is 1. The molecule has 2 rings (SSSR count). The summed E-state index contributed by atoms with van der Waals surface area (Å²) >= 11 is 1.95. The molecule has 0 bridgehead atoms. The number of hydrogen-bond donors (Lipinski definition) is 1. The Bertz CT molecular complexity index is 441. The molecule has 0 aromatic heterocycles. The van der Waals surface area contributed by atoms with E-state index >= 15 is 0 Å². The average molecular weight is 296 g/mol. The lowest BCUT2D eigenvalue weighted by atomic mass is 9.84. The molecule has 20 heavy (non-hydrogen) atoms. The fourth-order valence-electron chi connectivity index (χ4n) is 2.25. The predicted octanol–water partition coefficient (Wildman–Crippen LogP) is 2.85. The molecule has 1 aliphatic carbocycles. The molecule has 1 aliphatic rings. The van der Waals surface area contributed by atoms with E-state index in [-0.39, 0.29) is 5.69 Å². The van der Waals surface area contributed by atoms with Gasteiger partial charge in [-0.05, 0) is 31.2 Å². The molecule has 1 fully saturated rings. The van der Waals surface area contributed by atoms with E-state index < -0.39 is 4.92 Å². The molecule has 0 saturated heterocycles. The van der Waals surface area contributed by atoms with Crippen LogP contribution in [0.1, 0.15) is 19.3 Å². The maximum atomic E-state index is 10.5. The fourth-order valence-corrected chi connectivity index (χ4v) is 3.19. The normalized spacial score (nSPS) is 16.4. The minimum atomic E-state index is -0.411. The molecular formula is C14H20N2O3S. The summed E-state index contributed by atoms with van der Waals surface area (Å²) < 4.78 is 5.99. The minimum Gasteiger partial charge on any atom is -0.492 e. The standard InChI is InChI=1S/C14H20N2O3S/c1-20-14(7-2-8-14)11-15-9-10-19-13-5-3-12(4-6-13)16(17)18/h3-6,15H,2,7-11H2,1H3. The second kappa shape index (κ2) is 6.95. The van der Waals surface area contributed by atoms with Gasteiger partial charge in [-0.15, -0.1) is 0 Å². The van der Waals surface area contributed by atoms with Crippen LogP contribution in [0.2, 0.25) is 0 Å². The van der Waals surface area contributed by atoms with Crippen molar-refractivity contribution >= 4 is 17.4 Å². The van der Waals surface area contributed by atoms with Crippen LogP contribution in [0.5, 0.6) is 5.75 Å². The van der Waals surface area contributed by atoms with Gasteiger partial charge in [-0.2, -0.15) is 11.8 Å². The summed E-state index contributed by atoms with van der Waals surface area (Å²) in [4.78, 5) is 10.1. The Balaban J connectivity index is 1.64. The first kappa shape index (κ1) is 15.1. The maximum Gasteiger partial charge on any atom is 0.269 e. The largest absolute Gasteiger partial charge is 0.492 e. The van der Waals surface area contributed by atoms with Crippen molar-refractivity contribution in [2.45, 2.75) is 24.0 Å². The zero-order valence-corrected chi connectivity index (χ0v) is 12.4. The van der Waals surface area contributed by atoms with Crippen molar-refractivity contribution in [3.05, 3.63) is 34.4 Å². The van der Waals surface area contributed by atoms with Crippen molar-refractivity contribution < 1.29 is 9.66 Å². The fraction of sp³-hybridized carbons (Fsp3) is 0.571. The van der Waals surface area contributed by atoms with Crippen LogP contribution in [0.15, 0.2) is 24.3 Å². The molecular weight excluding hydrogens is 276 g/mol. The summed E-state index contributed by atoms with van der Waals surface area (Å²) in [5.41, 5.74) is 0.0855. The molecule has 0 radical (unpaired) electrons.